The molecule has 0 aliphatic rings. The fourth-order valence-electron chi connectivity index (χ4n) is 1.08. The van der Waals surface area contributed by atoms with Crippen LogP contribution in [0.25, 0.3) is 0 Å². The summed E-state index contributed by atoms with van der Waals surface area (Å²) in [6.45, 7) is 6.27. The molecule has 13 heavy (non-hydrogen) atoms. The molecule has 0 aromatic carbocycles. The van der Waals surface area contributed by atoms with E-state index in [0.717, 1.165) is 6.42 Å². The molecule has 0 atom stereocenters. The molecule has 0 radical (unpaired) electrons. The first kappa shape index (κ1) is 10.0. The second-order valence-corrected chi connectivity index (χ2v) is 4.10. The number of hydrogen-bond donors (Lipinski definition) is 0. The van der Waals surface area contributed by atoms with E-state index in [1.807, 2.05) is 0 Å². The standard InChI is InChI=1S/C11H16O2/c1-4-11(2,3)8-9(12)10-6-5-7-13-10/h5-7H,4,8H2,1-3H3. The first-order valence-electron chi connectivity index (χ1n) is 4.62. The molecule has 1 aromatic rings. The minimum Gasteiger partial charge on any atom is -0.461 e. The summed E-state index contributed by atoms with van der Waals surface area (Å²) in [5.74, 6) is 0.568. The number of rotatable bonds is 4. The molecule has 0 saturated heterocycles. The van der Waals surface area contributed by atoms with Gasteiger partial charge >= 0.3 is 0 Å². The summed E-state index contributed by atoms with van der Waals surface area (Å²) in [6, 6.07) is 3.46. The summed E-state index contributed by atoms with van der Waals surface area (Å²) in [6.07, 6.45) is 3.09. The van der Waals surface area contributed by atoms with Crippen molar-refractivity contribution in [2.75, 3.05) is 0 Å². The lowest BCUT2D eigenvalue weighted by atomic mass is 9.84. The summed E-state index contributed by atoms with van der Waals surface area (Å²) in [7, 11) is 0. The van der Waals surface area contributed by atoms with Gasteiger partial charge in [0.2, 0.25) is 0 Å². The van der Waals surface area contributed by atoms with Crippen LogP contribution in [0.2, 0.25) is 0 Å². The molecule has 2 heteroatoms. The van der Waals surface area contributed by atoms with Gasteiger partial charge in [-0.25, -0.2) is 0 Å². The van der Waals surface area contributed by atoms with E-state index in [2.05, 4.69) is 20.8 Å². The van der Waals surface area contributed by atoms with E-state index in [1.54, 1.807) is 12.1 Å². The van der Waals surface area contributed by atoms with Crippen LogP contribution >= 0.6 is 0 Å². The van der Waals surface area contributed by atoms with Gasteiger partial charge in [0.1, 0.15) is 0 Å². The Morgan fingerprint density at radius 2 is 2.23 bits per heavy atom. The summed E-state index contributed by atoms with van der Waals surface area (Å²) in [4.78, 5) is 11.6. The molecular weight excluding hydrogens is 164 g/mol. The molecule has 0 saturated carbocycles. The second-order valence-electron chi connectivity index (χ2n) is 4.10. The minimum atomic E-state index is 0.0733. The van der Waals surface area contributed by atoms with Crippen LogP contribution in [0.5, 0.6) is 0 Å². The van der Waals surface area contributed by atoms with Crippen molar-refractivity contribution in [1.29, 1.82) is 0 Å². The highest BCUT2D eigenvalue weighted by atomic mass is 16.3. The normalized spacial score (nSPS) is 11.6. The predicted octanol–water partition coefficient (Wildman–Crippen LogP) is 3.29. The van der Waals surface area contributed by atoms with Gasteiger partial charge in [-0.2, -0.15) is 0 Å². The molecule has 0 spiro atoms. The molecule has 0 amide bonds. The molecule has 0 N–H and O–H groups in total. The van der Waals surface area contributed by atoms with Crippen molar-refractivity contribution in [3.05, 3.63) is 24.2 Å². The number of carbonyl (C=O) groups is 1. The smallest absolute Gasteiger partial charge is 0.198 e. The van der Waals surface area contributed by atoms with Gasteiger partial charge in [-0.3, -0.25) is 4.79 Å². The van der Waals surface area contributed by atoms with E-state index >= 15 is 0 Å². The summed E-state index contributed by atoms with van der Waals surface area (Å²) < 4.78 is 5.04. The molecule has 1 aromatic heterocycles. The van der Waals surface area contributed by atoms with Gasteiger partial charge in [-0.1, -0.05) is 27.2 Å². The molecule has 1 heterocycles. The van der Waals surface area contributed by atoms with Crippen molar-refractivity contribution in [3.8, 4) is 0 Å². The lowest BCUT2D eigenvalue weighted by Crippen LogP contribution is -2.15. The van der Waals surface area contributed by atoms with Crippen molar-refractivity contribution >= 4 is 5.78 Å². The first-order valence-corrected chi connectivity index (χ1v) is 4.62. The third-order valence-corrected chi connectivity index (χ3v) is 2.39. The summed E-state index contributed by atoms with van der Waals surface area (Å²) >= 11 is 0. The fourth-order valence-corrected chi connectivity index (χ4v) is 1.08. The van der Waals surface area contributed by atoms with E-state index in [9.17, 15) is 4.79 Å². The maximum absolute atomic E-state index is 11.6. The molecule has 72 valence electrons. The largest absolute Gasteiger partial charge is 0.461 e. The van der Waals surface area contributed by atoms with Crippen molar-refractivity contribution in [2.45, 2.75) is 33.6 Å². The van der Waals surface area contributed by atoms with Gasteiger partial charge < -0.3 is 4.42 Å². The lowest BCUT2D eigenvalue weighted by molar-refractivity contribution is 0.0901. The van der Waals surface area contributed by atoms with Crippen molar-refractivity contribution in [3.63, 3.8) is 0 Å². The van der Waals surface area contributed by atoms with Crippen LogP contribution in [-0.2, 0) is 0 Å². The molecule has 0 fully saturated rings. The topological polar surface area (TPSA) is 30.2 Å². The van der Waals surface area contributed by atoms with Crippen molar-refractivity contribution < 1.29 is 9.21 Å². The van der Waals surface area contributed by atoms with Gasteiger partial charge in [0.25, 0.3) is 0 Å². The Morgan fingerprint density at radius 1 is 1.54 bits per heavy atom. The van der Waals surface area contributed by atoms with Crippen LogP contribution in [0.15, 0.2) is 22.8 Å². The highest BCUT2D eigenvalue weighted by molar-refractivity contribution is 5.93. The molecule has 2 nitrogen and oxygen atoms in total. The first-order chi connectivity index (χ1) is 6.05. The second kappa shape index (κ2) is 3.77. The zero-order valence-electron chi connectivity index (χ0n) is 8.46. The van der Waals surface area contributed by atoms with Gasteiger partial charge in [0.15, 0.2) is 11.5 Å². The van der Waals surface area contributed by atoms with Crippen molar-refractivity contribution in [2.24, 2.45) is 5.41 Å². The minimum absolute atomic E-state index is 0.0733. The van der Waals surface area contributed by atoms with Crippen LogP contribution in [0.4, 0.5) is 0 Å². The Bertz CT molecular complexity index is 270. The molecule has 0 unspecified atom stereocenters. The Balaban J connectivity index is 2.61. The predicted molar refractivity (Wildman–Crippen MR) is 51.7 cm³/mol. The number of furan rings is 1. The average Bonchev–Trinajstić information content (AvgIpc) is 2.55. The Labute approximate surface area is 78.9 Å². The van der Waals surface area contributed by atoms with Crippen molar-refractivity contribution in [1.82, 2.24) is 0 Å². The highest BCUT2D eigenvalue weighted by Gasteiger charge is 2.21. The van der Waals surface area contributed by atoms with Gasteiger partial charge in [0, 0.05) is 6.42 Å². The molecule has 0 aliphatic heterocycles. The quantitative estimate of drug-likeness (QED) is 0.665. The zero-order valence-corrected chi connectivity index (χ0v) is 8.46. The molecule has 1 rings (SSSR count). The molecule has 0 aliphatic carbocycles. The monoisotopic (exact) mass is 180 g/mol. The Kier molecular flexibility index (Phi) is 2.91. The summed E-state index contributed by atoms with van der Waals surface area (Å²) in [5.41, 5.74) is 0.0733. The van der Waals surface area contributed by atoms with E-state index < -0.39 is 0 Å². The Hall–Kier alpha value is -1.05. The van der Waals surface area contributed by atoms with Crippen LogP contribution in [-0.4, -0.2) is 5.78 Å². The number of hydrogen-bond acceptors (Lipinski definition) is 2. The third kappa shape index (κ3) is 2.72. The number of ketones is 1. The zero-order chi connectivity index (χ0) is 9.90. The van der Waals surface area contributed by atoms with E-state index in [-0.39, 0.29) is 11.2 Å². The van der Waals surface area contributed by atoms with Gasteiger partial charge in [0.05, 0.1) is 6.26 Å². The van der Waals surface area contributed by atoms with E-state index in [4.69, 9.17) is 4.42 Å². The average molecular weight is 180 g/mol. The fraction of sp³-hybridized carbons (Fsp3) is 0.545. The van der Waals surface area contributed by atoms with E-state index in [1.165, 1.54) is 6.26 Å². The van der Waals surface area contributed by atoms with E-state index in [0.29, 0.717) is 12.2 Å². The SMILES string of the molecule is CCC(C)(C)CC(=O)c1ccco1. The van der Waals surface area contributed by atoms with Crippen LogP contribution in [0, 0.1) is 5.41 Å². The third-order valence-electron chi connectivity index (χ3n) is 2.39. The highest BCUT2D eigenvalue weighted by Crippen LogP contribution is 2.26. The van der Waals surface area contributed by atoms with Gasteiger partial charge in [-0.15, -0.1) is 0 Å². The maximum Gasteiger partial charge on any atom is 0.198 e. The van der Waals surface area contributed by atoms with Crippen LogP contribution in [0.3, 0.4) is 0 Å². The van der Waals surface area contributed by atoms with Crippen LogP contribution in [0.1, 0.15) is 44.2 Å². The van der Waals surface area contributed by atoms with Gasteiger partial charge in [-0.05, 0) is 17.5 Å². The summed E-state index contributed by atoms with van der Waals surface area (Å²) in [5, 5.41) is 0. The lowest BCUT2D eigenvalue weighted by Gasteiger charge is -2.20. The maximum atomic E-state index is 11.6. The number of carbonyl (C=O) groups excluding carboxylic acids is 1. The molecule has 0 bridgehead atoms. The molecular formula is C11H16O2. The number of Topliss-reactive ketones (excluding diaryl/α,β-unsaturated/α-hetero) is 1. The Morgan fingerprint density at radius 3 is 2.69 bits per heavy atom. The van der Waals surface area contributed by atoms with Crippen LogP contribution < -0.4 is 0 Å².